The summed E-state index contributed by atoms with van der Waals surface area (Å²) >= 11 is 0. The monoisotopic (exact) mass is 190 g/mol. The highest BCUT2D eigenvalue weighted by molar-refractivity contribution is 6.05. The van der Waals surface area contributed by atoms with E-state index in [1.807, 2.05) is 12.1 Å². The molecule has 0 saturated heterocycles. The van der Waals surface area contributed by atoms with Gasteiger partial charge in [-0.1, -0.05) is 6.07 Å². The van der Waals surface area contributed by atoms with Gasteiger partial charge in [-0.2, -0.15) is 0 Å². The van der Waals surface area contributed by atoms with Crippen LogP contribution in [-0.4, -0.2) is 12.3 Å². The van der Waals surface area contributed by atoms with Gasteiger partial charge < -0.3 is 11.1 Å². The number of nitrogen functional groups attached to an aromatic ring is 1. The maximum absolute atomic E-state index is 11.4. The highest BCUT2D eigenvalue weighted by atomic mass is 16.1. The third kappa shape index (κ3) is 1.35. The van der Waals surface area contributed by atoms with Gasteiger partial charge in [0.2, 0.25) is 0 Å². The molecule has 0 fully saturated rings. The third-order valence-corrected chi connectivity index (χ3v) is 2.60. The van der Waals surface area contributed by atoms with Crippen LogP contribution in [0.1, 0.15) is 29.3 Å². The fourth-order valence-electron chi connectivity index (χ4n) is 1.94. The summed E-state index contributed by atoms with van der Waals surface area (Å²) in [5.74, 6) is 0.0359. The molecule has 3 nitrogen and oxygen atoms in total. The first-order valence-electron chi connectivity index (χ1n) is 4.86. The van der Waals surface area contributed by atoms with E-state index >= 15 is 0 Å². The van der Waals surface area contributed by atoms with E-state index in [4.69, 9.17) is 5.73 Å². The second-order valence-electron chi connectivity index (χ2n) is 3.65. The van der Waals surface area contributed by atoms with E-state index in [1.54, 1.807) is 6.92 Å². The maximum atomic E-state index is 11.4. The molecule has 3 heteroatoms. The number of fused-ring (bicyclic) bond motifs is 1. The number of aryl methyl sites for hydroxylation is 1. The molecule has 14 heavy (non-hydrogen) atoms. The van der Waals surface area contributed by atoms with Gasteiger partial charge in [-0.15, -0.1) is 0 Å². The number of anilines is 2. The van der Waals surface area contributed by atoms with Crippen LogP contribution in [0.2, 0.25) is 0 Å². The smallest absolute Gasteiger partial charge is 0.163 e. The van der Waals surface area contributed by atoms with Crippen LogP contribution in [0, 0.1) is 0 Å². The van der Waals surface area contributed by atoms with Crippen molar-refractivity contribution in [3.8, 4) is 0 Å². The number of ketones is 1. The van der Waals surface area contributed by atoms with E-state index in [9.17, 15) is 4.79 Å². The number of nitrogens with one attached hydrogen (secondary N) is 1. The lowest BCUT2D eigenvalue weighted by Gasteiger charge is -2.21. The summed E-state index contributed by atoms with van der Waals surface area (Å²) in [4.78, 5) is 11.4. The minimum atomic E-state index is 0.0359. The largest absolute Gasteiger partial charge is 0.398 e. The average Bonchev–Trinajstić information content (AvgIpc) is 2.17. The van der Waals surface area contributed by atoms with E-state index in [-0.39, 0.29) is 5.78 Å². The summed E-state index contributed by atoms with van der Waals surface area (Å²) in [7, 11) is 0. The van der Waals surface area contributed by atoms with Gasteiger partial charge in [0.15, 0.2) is 5.78 Å². The molecule has 0 unspecified atom stereocenters. The number of hydrogen-bond donors (Lipinski definition) is 2. The van der Waals surface area contributed by atoms with Gasteiger partial charge in [0.05, 0.1) is 11.3 Å². The number of carbonyl (C=O) groups excluding carboxylic acids is 1. The fourth-order valence-corrected chi connectivity index (χ4v) is 1.94. The van der Waals surface area contributed by atoms with Gasteiger partial charge in [-0.05, 0) is 31.4 Å². The van der Waals surface area contributed by atoms with E-state index in [1.165, 1.54) is 5.56 Å². The summed E-state index contributed by atoms with van der Waals surface area (Å²) in [6.45, 7) is 2.49. The quantitative estimate of drug-likeness (QED) is 0.524. The molecule has 1 aliphatic heterocycles. The molecule has 1 aromatic carbocycles. The second-order valence-corrected chi connectivity index (χ2v) is 3.65. The molecule has 2 rings (SSSR count). The highest BCUT2D eigenvalue weighted by Crippen LogP contribution is 2.30. The summed E-state index contributed by atoms with van der Waals surface area (Å²) in [5.41, 5.74) is 9.17. The molecule has 0 saturated carbocycles. The van der Waals surface area contributed by atoms with E-state index < -0.39 is 0 Å². The maximum Gasteiger partial charge on any atom is 0.163 e. The van der Waals surface area contributed by atoms with Gasteiger partial charge >= 0.3 is 0 Å². The Labute approximate surface area is 83.3 Å². The summed E-state index contributed by atoms with van der Waals surface area (Å²) < 4.78 is 0. The lowest BCUT2D eigenvalue weighted by molar-refractivity contribution is 0.101. The predicted octanol–water partition coefficient (Wildman–Crippen LogP) is 1.83. The molecule has 0 bridgehead atoms. The van der Waals surface area contributed by atoms with Crippen molar-refractivity contribution in [2.45, 2.75) is 19.8 Å². The molecule has 0 spiro atoms. The SMILES string of the molecule is CC(=O)c1c(N)ccc2c1NCCC2. The molecule has 0 aliphatic carbocycles. The standard InChI is InChI=1S/C11H14N2O/c1-7(14)10-9(12)5-4-8-3-2-6-13-11(8)10/h4-5,13H,2-3,6,12H2,1H3. The fraction of sp³-hybridized carbons (Fsp3) is 0.364. The first kappa shape index (κ1) is 9.06. The molecule has 3 N–H and O–H groups in total. The van der Waals surface area contributed by atoms with Crippen molar-refractivity contribution in [3.63, 3.8) is 0 Å². The summed E-state index contributed by atoms with van der Waals surface area (Å²) in [5, 5.41) is 3.25. The van der Waals surface area contributed by atoms with Crippen molar-refractivity contribution < 1.29 is 4.79 Å². The van der Waals surface area contributed by atoms with Crippen molar-refractivity contribution >= 4 is 17.2 Å². The predicted molar refractivity (Wildman–Crippen MR) is 57.7 cm³/mol. The zero-order valence-corrected chi connectivity index (χ0v) is 8.26. The van der Waals surface area contributed by atoms with E-state index in [2.05, 4.69) is 5.32 Å². The van der Waals surface area contributed by atoms with Crippen molar-refractivity contribution in [1.82, 2.24) is 0 Å². The second kappa shape index (κ2) is 3.33. The van der Waals surface area contributed by atoms with Crippen molar-refractivity contribution in [1.29, 1.82) is 0 Å². The highest BCUT2D eigenvalue weighted by Gasteiger charge is 2.17. The van der Waals surface area contributed by atoms with Crippen molar-refractivity contribution in [3.05, 3.63) is 23.3 Å². The topological polar surface area (TPSA) is 55.1 Å². The lowest BCUT2D eigenvalue weighted by atomic mass is 9.96. The summed E-state index contributed by atoms with van der Waals surface area (Å²) in [6, 6.07) is 3.83. The first-order valence-corrected chi connectivity index (χ1v) is 4.86. The Hall–Kier alpha value is -1.51. The minimum absolute atomic E-state index is 0.0359. The Kier molecular flexibility index (Phi) is 2.15. The van der Waals surface area contributed by atoms with Crippen LogP contribution < -0.4 is 11.1 Å². The Morgan fingerprint density at radius 1 is 1.50 bits per heavy atom. The molecular weight excluding hydrogens is 176 g/mol. The van der Waals surface area contributed by atoms with Crippen LogP contribution in [0.15, 0.2) is 12.1 Å². The number of carbonyl (C=O) groups is 1. The first-order chi connectivity index (χ1) is 6.70. The molecule has 0 amide bonds. The number of nitrogens with two attached hydrogens (primary N) is 1. The van der Waals surface area contributed by atoms with Crippen LogP contribution in [0.3, 0.4) is 0 Å². The summed E-state index contributed by atoms with van der Waals surface area (Å²) in [6.07, 6.45) is 2.15. The van der Waals surface area contributed by atoms with Gasteiger partial charge in [0.25, 0.3) is 0 Å². The van der Waals surface area contributed by atoms with Gasteiger partial charge in [-0.3, -0.25) is 4.79 Å². The molecule has 1 heterocycles. The molecule has 0 atom stereocenters. The van der Waals surface area contributed by atoms with Crippen molar-refractivity contribution in [2.75, 3.05) is 17.6 Å². The number of rotatable bonds is 1. The van der Waals surface area contributed by atoms with Crippen LogP contribution >= 0.6 is 0 Å². The van der Waals surface area contributed by atoms with Crippen molar-refractivity contribution in [2.24, 2.45) is 0 Å². The van der Waals surface area contributed by atoms with Crippen LogP contribution in [0.25, 0.3) is 0 Å². The molecular formula is C11H14N2O. The van der Waals surface area contributed by atoms with Crippen LogP contribution in [-0.2, 0) is 6.42 Å². The Bertz CT molecular complexity index is 385. The normalized spacial score (nSPS) is 14.4. The van der Waals surface area contributed by atoms with Crippen LogP contribution in [0.4, 0.5) is 11.4 Å². The zero-order chi connectivity index (χ0) is 10.1. The van der Waals surface area contributed by atoms with Gasteiger partial charge in [0.1, 0.15) is 0 Å². The molecule has 1 aliphatic rings. The van der Waals surface area contributed by atoms with E-state index in [0.29, 0.717) is 11.3 Å². The number of benzene rings is 1. The molecule has 0 radical (unpaired) electrons. The van der Waals surface area contributed by atoms with E-state index in [0.717, 1.165) is 25.1 Å². The third-order valence-electron chi connectivity index (χ3n) is 2.60. The minimum Gasteiger partial charge on any atom is -0.398 e. The molecule has 1 aromatic rings. The Balaban J connectivity index is 2.60. The zero-order valence-electron chi connectivity index (χ0n) is 8.26. The number of Topliss-reactive ketones (excluding diaryl/α,β-unsaturated/α-hetero) is 1. The Morgan fingerprint density at radius 3 is 3.00 bits per heavy atom. The van der Waals surface area contributed by atoms with Gasteiger partial charge in [-0.25, -0.2) is 0 Å². The molecule has 0 aromatic heterocycles. The van der Waals surface area contributed by atoms with Gasteiger partial charge in [0, 0.05) is 12.2 Å². The average molecular weight is 190 g/mol. The Morgan fingerprint density at radius 2 is 2.29 bits per heavy atom. The lowest BCUT2D eigenvalue weighted by Crippen LogP contribution is -2.16. The number of hydrogen-bond acceptors (Lipinski definition) is 3. The molecule has 74 valence electrons. The van der Waals surface area contributed by atoms with Crippen LogP contribution in [0.5, 0.6) is 0 Å².